The highest BCUT2D eigenvalue weighted by Crippen LogP contribution is 2.25. The van der Waals surface area contributed by atoms with Gasteiger partial charge in [0.15, 0.2) is 6.61 Å². The summed E-state index contributed by atoms with van der Waals surface area (Å²) in [6.45, 7) is 8.77. The average Bonchev–Trinajstić information content (AvgIpc) is 2.63. The first kappa shape index (κ1) is 22.7. The zero-order valence-electron chi connectivity index (χ0n) is 14.1. The summed E-state index contributed by atoms with van der Waals surface area (Å²) in [5, 5.41) is 0. The van der Waals surface area contributed by atoms with Crippen LogP contribution in [0.25, 0.3) is 0 Å². The minimum Gasteiger partial charge on any atom is -0.451 e. The SMILES string of the molecule is C=CC(=O)OCC(OC(=O)C=C)(OC(=O)C=C)O[Si](OC)(OC)OC. The molecule has 0 bridgehead atoms. The van der Waals surface area contributed by atoms with Crippen LogP contribution in [0.2, 0.25) is 0 Å². The van der Waals surface area contributed by atoms with E-state index in [1.807, 2.05) is 0 Å². The van der Waals surface area contributed by atoms with Crippen LogP contribution < -0.4 is 0 Å². The fraction of sp³-hybridized carbons (Fsp3) is 0.357. The number of hydrogen-bond donors (Lipinski definition) is 0. The summed E-state index contributed by atoms with van der Waals surface area (Å²) >= 11 is 0. The van der Waals surface area contributed by atoms with E-state index in [0.29, 0.717) is 0 Å². The lowest BCUT2D eigenvalue weighted by Crippen LogP contribution is -2.59. The Labute approximate surface area is 146 Å². The summed E-state index contributed by atoms with van der Waals surface area (Å²) in [7, 11) is -0.380. The monoisotopic (exact) mass is 376 g/mol. The molecule has 0 saturated carbocycles. The van der Waals surface area contributed by atoms with Gasteiger partial charge in [-0.2, -0.15) is 0 Å². The van der Waals surface area contributed by atoms with Gasteiger partial charge in [0.1, 0.15) is 0 Å². The Balaban J connectivity index is 5.91. The molecule has 140 valence electrons. The van der Waals surface area contributed by atoms with Crippen LogP contribution in [0.1, 0.15) is 0 Å². The van der Waals surface area contributed by atoms with Gasteiger partial charge in [-0.3, -0.25) is 4.43 Å². The van der Waals surface area contributed by atoms with Crippen molar-refractivity contribution < 1.29 is 46.3 Å². The highest BCUT2D eigenvalue weighted by Gasteiger charge is 2.56. The highest BCUT2D eigenvalue weighted by atomic mass is 28.4. The van der Waals surface area contributed by atoms with Crippen LogP contribution >= 0.6 is 0 Å². The molecule has 0 unspecified atom stereocenters. The second-order valence-corrected chi connectivity index (χ2v) is 6.39. The summed E-state index contributed by atoms with van der Waals surface area (Å²) in [5.74, 6) is -5.60. The Bertz CT molecular complexity index is 495. The number of ether oxygens (including phenoxy) is 3. The molecule has 0 aliphatic rings. The van der Waals surface area contributed by atoms with Crippen molar-refractivity contribution in [3.63, 3.8) is 0 Å². The van der Waals surface area contributed by atoms with Gasteiger partial charge in [-0.15, -0.1) is 0 Å². The number of carbonyl (C=O) groups excluding carboxylic acids is 3. The molecular formula is C14H20O10Si. The van der Waals surface area contributed by atoms with E-state index in [2.05, 4.69) is 19.7 Å². The van der Waals surface area contributed by atoms with Crippen molar-refractivity contribution in [3.8, 4) is 0 Å². The van der Waals surface area contributed by atoms with Crippen LogP contribution in [-0.2, 0) is 46.3 Å². The minimum absolute atomic E-state index is 0.769. The molecule has 0 rings (SSSR count). The summed E-state index contributed by atoms with van der Waals surface area (Å²) in [6.07, 6.45) is 2.37. The number of esters is 3. The third kappa shape index (κ3) is 6.99. The van der Waals surface area contributed by atoms with Gasteiger partial charge in [-0.1, -0.05) is 19.7 Å². The topological polar surface area (TPSA) is 116 Å². The number of carbonyl (C=O) groups is 3. The average molecular weight is 376 g/mol. The van der Waals surface area contributed by atoms with Crippen molar-refractivity contribution >= 4 is 27.0 Å². The molecule has 0 saturated heterocycles. The summed E-state index contributed by atoms with van der Waals surface area (Å²) in [6, 6.07) is 0. The van der Waals surface area contributed by atoms with Crippen LogP contribution in [0.15, 0.2) is 38.0 Å². The molecule has 0 atom stereocenters. The first-order valence-electron chi connectivity index (χ1n) is 6.61. The van der Waals surface area contributed by atoms with E-state index in [1.54, 1.807) is 0 Å². The largest absolute Gasteiger partial charge is 0.684 e. The molecule has 0 aromatic heterocycles. The Morgan fingerprint density at radius 3 is 1.56 bits per heavy atom. The maximum absolute atomic E-state index is 11.7. The highest BCUT2D eigenvalue weighted by molar-refractivity contribution is 6.53. The maximum atomic E-state index is 11.7. The molecule has 0 fully saturated rings. The molecular weight excluding hydrogens is 356 g/mol. The molecule has 10 nitrogen and oxygen atoms in total. The van der Waals surface area contributed by atoms with Crippen molar-refractivity contribution in [3.05, 3.63) is 38.0 Å². The normalized spacial score (nSPS) is 11.2. The zero-order chi connectivity index (χ0) is 19.5. The second-order valence-electron chi connectivity index (χ2n) is 3.96. The fourth-order valence-corrected chi connectivity index (χ4v) is 2.60. The van der Waals surface area contributed by atoms with Gasteiger partial charge in [-0.05, 0) is 0 Å². The maximum Gasteiger partial charge on any atom is 0.684 e. The second kappa shape index (κ2) is 10.5. The van der Waals surface area contributed by atoms with E-state index in [4.69, 9.17) is 31.9 Å². The lowest BCUT2D eigenvalue weighted by atomic mass is 10.5. The molecule has 0 spiro atoms. The predicted molar refractivity (Wildman–Crippen MR) is 84.3 cm³/mol. The van der Waals surface area contributed by atoms with E-state index in [-0.39, 0.29) is 0 Å². The first-order valence-corrected chi connectivity index (χ1v) is 8.24. The Hall–Kier alpha value is -2.31. The Morgan fingerprint density at radius 2 is 1.24 bits per heavy atom. The predicted octanol–water partition coefficient (Wildman–Crippen LogP) is 0.219. The summed E-state index contributed by atoms with van der Waals surface area (Å²) < 4.78 is 35.1. The zero-order valence-corrected chi connectivity index (χ0v) is 15.1. The van der Waals surface area contributed by atoms with Crippen molar-refractivity contribution in [1.29, 1.82) is 0 Å². The molecule has 0 aromatic rings. The molecule has 25 heavy (non-hydrogen) atoms. The third-order valence-electron chi connectivity index (χ3n) is 2.43. The number of rotatable bonds is 12. The molecule has 0 N–H and O–H groups in total. The standard InChI is InChI=1S/C14H20O10Si/c1-7-11(15)21-10-14(22-12(16)8-2,23-13(17)9-3)24-25(18-4,19-5)20-6/h7-9H,1-3,10H2,4-6H3. The molecule has 0 radical (unpaired) electrons. The van der Waals surface area contributed by atoms with Crippen LogP contribution in [0, 0.1) is 0 Å². The molecule has 11 heteroatoms. The van der Waals surface area contributed by atoms with E-state index < -0.39 is 39.5 Å². The van der Waals surface area contributed by atoms with Crippen LogP contribution in [-0.4, -0.2) is 60.9 Å². The van der Waals surface area contributed by atoms with E-state index in [1.165, 1.54) is 21.3 Å². The third-order valence-corrected chi connectivity index (χ3v) is 4.49. The molecule has 0 aliphatic carbocycles. The minimum atomic E-state index is -3.93. The van der Waals surface area contributed by atoms with Gasteiger partial charge >= 0.3 is 32.9 Å². The molecule has 0 aromatic carbocycles. The van der Waals surface area contributed by atoms with Gasteiger partial charge in [0, 0.05) is 39.6 Å². The van der Waals surface area contributed by atoms with Crippen molar-refractivity contribution in [1.82, 2.24) is 0 Å². The van der Waals surface area contributed by atoms with Crippen LogP contribution in [0.5, 0.6) is 0 Å². The Morgan fingerprint density at radius 1 is 0.840 bits per heavy atom. The van der Waals surface area contributed by atoms with Gasteiger partial charge in [-0.25, -0.2) is 14.4 Å². The van der Waals surface area contributed by atoms with E-state index >= 15 is 0 Å². The molecule has 0 aliphatic heterocycles. The Kier molecular flexibility index (Phi) is 9.56. The molecule has 0 amide bonds. The summed E-state index contributed by atoms with van der Waals surface area (Å²) in [4.78, 5) is 34.7. The van der Waals surface area contributed by atoms with Gasteiger partial charge in [0.05, 0.1) is 0 Å². The van der Waals surface area contributed by atoms with E-state index in [0.717, 1.165) is 18.2 Å². The van der Waals surface area contributed by atoms with Crippen molar-refractivity contribution in [2.45, 2.75) is 5.97 Å². The van der Waals surface area contributed by atoms with Crippen molar-refractivity contribution in [2.75, 3.05) is 27.9 Å². The smallest absolute Gasteiger partial charge is 0.451 e. The lowest BCUT2D eigenvalue weighted by molar-refractivity contribution is -0.340. The first-order chi connectivity index (χ1) is 11.8. The fourth-order valence-electron chi connectivity index (χ4n) is 1.32. The van der Waals surface area contributed by atoms with Crippen LogP contribution in [0.4, 0.5) is 0 Å². The van der Waals surface area contributed by atoms with Gasteiger partial charge < -0.3 is 27.5 Å². The lowest BCUT2D eigenvalue weighted by Gasteiger charge is -2.35. The molecule has 0 heterocycles. The quantitative estimate of drug-likeness (QED) is 0.203. The van der Waals surface area contributed by atoms with Gasteiger partial charge in [0.2, 0.25) is 0 Å². The number of hydrogen-bond acceptors (Lipinski definition) is 10. The van der Waals surface area contributed by atoms with Crippen LogP contribution in [0.3, 0.4) is 0 Å². The van der Waals surface area contributed by atoms with E-state index in [9.17, 15) is 14.4 Å². The van der Waals surface area contributed by atoms with Crippen molar-refractivity contribution in [2.24, 2.45) is 0 Å². The summed E-state index contributed by atoms with van der Waals surface area (Å²) in [5.41, 5.74) is 0. The van der Waals surface area contributed by atoms with Gasteiger partial charge in [0.25, 0.3) is 0 Å².